The van der Waals surface area contributed by atoms with Crippen LogP contribution in [0.25, 0.3) is 0 Å². The van der Waals surface area contributed by atoms with Crippen molar-refractivity contribution in [2.24, 2.45) is 0 Å². The number of benzene rings is 1. The van der Waals surface area contributed by atoms with Gasteiger partial charge in [-0.25, -0.2) is 0 Å². The molecule has 0 unspecified atom stereocenters. The maximum atomic E-state index is 3.49. The monoisotopic (exact) mass is 340 g/mol. The van der Waals surface area contributed by atoms with Crippen LogP contribution in [0.15, 0.2) is 30.3 Å². The minimum absolute atomic E-state index is 0. The van der Waals surface area contributed by atoms with E-state index in [1.807, 2.05) is 0 Å². The molecule has 1 aromatic carbocycles. The molecule has 1 aliphatic rings. The van der Waals surface area contributed by atoms with Crippen molar-refractivity contribution in [2.75, 3.05) is 39.3 Å². The Kier molecular flexibility index (Phi) is 11.3. The first-order valence-electron chi connectivity index (χ1n) is 6.43. The van der Waals surface area contributed by atoms with E-state index in [-0.39, 0.29) is 24.8 Å². The third-order valence-electron chi connectivity index (χ3n) is 3.26. The van der Waals surface area contributed by atoms with Crippen molar-refractivity contribution >= 4 is 28.7 Å². The molecule has 1 aromatic rings. The molecular weight excluding hydrogens is 317 g/mol. The molecule has 109 valence electrons. The second-order valence-electron chi connectivity index (χ2n) is 4.44. The van der Waals surface area contributed by atoms with E-state index in [4.69, 9.17) is 0 Å². The van der Waals surface area contributed by atoms with E-state index in [1.54, 1.807) is 3.87 Å². The Labute approximate surface area is 135 Å². The first-order chi connectivity index (χ1) is 8.38. The van der Waals surface area contributed by atoms with Crippen LogP contribution in [0.2, 0.25) is 5.23 Å². The quantitative estimate of drug-likeness (QED) is 0.793. The van der Waals surface area contributed by atoms with Gasteiger partial charge in [0.2, 0.25) is 0 Å². The molecule has 0 bridgehead atoms. The molecule has 0 spiro atoms. The van der Waals surface area contributed by atoms with Crippen LogP contribution >= 0.6 is 24.8 Å². The van der Waals surface area contributed by atoms with Crippen LogP contribution in [-0.4, -0.2) is 42.7 Å². The Balaban J connectivity index is 0.00000162. The summed E-state index contributed by atoms with van der Waals surface area (Å²) in [5.74, 6) is 0. The molecule has 19 heavy (non-hydrogen) atoms. The molecule has 0 amide bonds. The van der Waals surface area contributed by atoms with Crippen molar-refractivity contribution in [3.8, 4) is 0 Å². The van der Waals surface area contributed by atoms with Crippen molar-refractivity contribution in [1.82, 2.24) is 14.0 Å². The summed E-state index contributed by atoms with van der Waals surface area (Å²) in [6, 6.07) is 11.0. The minimum atomic E-state index is -1.25. The molecule has 1 aliphatic heterocycles. The van der Waals surface area contributed by atoms with E-state index < -0.39 is 18.1 Å². The summed E-state index contributed by atoms with van der Waals surface area (Å²) in [6.45, 7) is 6.83. The van der Waals surface area contributed by atoms with Gasteiger partial charge in [-0.3, -0.25) is 0 Å². The molecule has 1 heterocycles. The Bertz CT molecular complexity index is 317. The summed E-state index contributed by atoms with van der Waals surface area (Å²) in [7, 11) is 0. The number of hydrogen-bond acceptors (Lipinski definition) is 3. The van der Waals surface area contributed by atoms with Crippen LogP contribution in [0.1, 0.15) is 0 Å². The second kappa shape index (κ2) is 11.1. The average Bonchev–Trinajstić information content (AvgIpc) is 2.52. The molecule has 0 atom stereocenters. The van der Waals surface area contributed by atoms with E-state index in [1.165, 1.54) is 13.1 Å². The third kappa shape index (κ3) is 6.59. The zero-order valence-electron chi connectivity index (χ0n) is 11.4. The zero-order valence-corrected chi connectivity index (χ0v) is 14.6. The van der Waals surface area contributed by atoms with Gasteiger partial charge in [-0.15, -0.1) is 24.8 Å². The Hall–Kier alpha value is 0.394. The summed E-state index contributed by atoms with van der Waals surface area (Å²) in [5.41, 5.74) is 0. The fourth-order valence-corrected chi connectivity index (χ4v) is 5.18. The number of hydrogen-bond donors (Lipinski definition) is 2. The Morgan fingerprint density at radius 2 is 1.42 bits per heavy atom. The molecule has 2 N–H and O–H groups in total. The second-order valence-corrected chi connectivity index (χ2v) is 8.16. The van der Waals surface area contributed by atoms with Crippen molar-refractivity contribution in [3.05, 3.63) is 30.3 Å². The van der Waals surface area contributed by atoms with Gasteiger partial charge in [-0.05, 0) is 0 Å². The van der Waals surface area contributed by atoms with Gasteiger partial charge >= 0.3 is 111 Å². The van der Waals surface area contributed by atoms with Gasteiger partial charge in [0.05, 0.1) is 0 Å². The molecule has 0 saturated carbocycles. The molecule has 6 heteroatoms. The van der Waals surface area contributed by atoms with Gasteiger partial charge in [-0.1, -0.05) is 0 Å². The molecule has 0 aliphatic carbocycles. The van der Waals surface area contributed by atoms with Crippen LogP contribution in [-0.2, 0) is 18.1 Å². The fourth-order valence-electron chi connectivity index (χ4n) is 2.16. The summed E-state index contributed by atoms with van der Waals surface area (Å²) in [4.78, 5) is 0. The van der Waals surface area contributed by atoms with Crippen LogP contribution in [0.4, 0.5) is 0 Å². The van der Waals surface area contributed by atoms with Crippen molar-refractivity contribution in [3.63, 3.8) is 0 Å². The molecule has 0 aromatic heterocycles. The van der Waals surface area contributed by atoms with Gasteiger partial charge in [0.1, 0.15) is 0 Å². The van der Waals surface area contributed by atoms with E-state index >= 15 is 0 Å². The first-order valence-corrected chi connectivity index (χ1v) is 9.47. The van der Waals surface area contributed by atoms with Gasteiger partial charge in [-0.2, -0.15) is 0 Å². The van der Waals surface area contributed by atoms with Crippen molar-refractivity contribution < 1.29 is 18.1 Å². The number of halogens is 2. The Morgan fingerprint density at radius 3 is 1.95 bits per heavy atom. The van der Waals surface area contributed by atoms with Crippen LogP contribution in [0.5, 0.6) is 0 Å². The van der Waals surface area contributed by atoms with Crippen LogP contribution < -0.4 is 14.5 Å². The van der Waals surface area contributed by atoms with E-state index in [2.05, 4.69) is 49.6 Å². The van der Waals surface area contributed by atoms with Gasteiger partial charge in [0.15, 0.2) is 0 Å². The summed E-state index contributed by atoms with van der Waals surface area (Å²) in [5, 5.41) is 9.44. The van der Waals surface area contributed by atoms with E-state index in [0.29, 0.717) is 0 Å². The molecule has 0 radical (unpaired) electrons. The number of nitrogens with one attached hydrogen (secondary N) is 2. The predicted molar refractivity (Wildman–Crippen MR) is 83.7 cm³/mol. The summed E-state index contributed by atoms with van der Waals surface area (Å²) < 4.78 is 4.28. The van der Waals surface area contributed by atoms with Crippen LogP contribution in [0.3, 0.4) is 0 Å². The van der Waals surface area contributed by atoms with Gasteiger partial charge < -0.3 is 0 Å². The van der Waals surface area contributed by atoms with Crippen molar-refractivity contribution in [2.45, 2.75) is 5.23 Å². The molecule has 3 nitrogen and oxygen atoms in total. The predicted octanol–water partition coefficient (Wildman–Crippen LogP) is 1.23. The fraction of sp³-hybridized carbons (Fsp3) is 0.538. The third-order valence-corrected chi connectivity index (χ3v) is 7.27. The standard InChI is InChI=1S/C6H14N3.C6H5.CH3.2ClH.Ti/c1-2-8-5-6-9-4-3-7-1;1-2-4-6-5-3-1;;;;/h7-8H,1-6H2;1-5H;1H3;2*1H;/q-1;;;;;+1. The van der Waals surface area contributed by atoms with Gasteiger partial charge in [0.25, 0.3) is 0 Å². The first kappa shape index (κ1) is 19.4. The molecule has 1 saturated heterocycles. The summed E-state index contributed by atoms with van der Waals surface area (Å²) >= 11 is -1.25. The molecule has 2 rings (SSSR count). The van der Waals surface area contributed by atoms with E-state index in [0.717, 1.165) is 26.2 Å². The number of nitrogens with zero attached hydrogens (tertiary/aromatic N) is 1. The molecule has 1 fully saturated rings. The Morgan fingerprint density at radius 1 is 0.895 bits per heavy atom. The zero-order chi connectivity index (χ0) is 11.9. The topological polar surface area (TPSA) is 27.3 Å². The number of rotatable bonds is 2. The normalized spacial score (nSPS) is 17.1. The molecular formula is C13H24Cl2N3Ti. The van der Waals surface area contributed by atoms with E-state index in [9.17, 15) is 0 Å². The van der Waals surface area contributed by atoms with Crippen LogP contribution in [0, 0.1) is 0 Å². The summed E-state index contributed by atoms with van der Waals surface area (Å²) in [6.07, 6.45) is 0. The SMILES string of the molecule is Cl.Cl.[CH3][Ti]([c]1ccccc1)[N]1CCNCCNCC1. The maximum absolute atomic E-state index is 3.49. The van der Waals surface area contributed by atoms with Crippen molar-refractivity contribution in [1.29, 1.82) is 0 Å². The average molecular weight is 341 g/mol. The van der Waals surface area contributed by atoms with Gasteiger partial charge in [0, 0.05) is 0 Å².